The van der Waals surface area contributed by atoms with Crippen molar-refractivity contribution in [3.8, 4) is 0 Å². The number of hydrogen-bond donors (Lipinski definition) is 1. The van der Waals surface area contributed by atoms with E-state index in [1.807, 2.05) is 6.07 Å². The van der Waals surface area contributed by atoms with Crippen LogP contribution in [0, 0.1) is 5.82 Å². The molecule has 1 unspecified atom stereocenters. The van der Waals surface area contributed by atoms with Gasteiger partial charge in [-0.1, -0.05) is 19.1 Å². The summed E-state index contributed by atoms with van der Waals surface area (Å²) in [6, 6.07) is 6.43. The largest absolute Gasteiger partial charge is 0.368 e. The zero-order valence-electron chi connectivity index (χ0n) is 17.0. The van der Waals surface area contributed by atoms with Gasteiger partial charge in [-0.2, -0.15) is 0 Å². The molecule has 0 radical (unpaired) electrons. The molecule has 0 spiro atoms. The minimum absolute atomic E-state index is 0.0167. The summed E-state index contributed by atoms with van der Waals surface area (Å²) in [5, 5.41) is 3.72. The number of piperazine rings is 1. The van der Waals surface area contributed by atoms with Crippen LogP contribution in [0.15, 0.2) is 54.2 Å². The fourth-order valence-corrected chi connectivity index (χ4v) is 3.84. The number of amides is 1. The molecule has 1 N–H and O–H groups in total. The Morgan fingerprint density at radius 1 is 1.31 bits per heavy atom. The summed E-state index contributed by atoms with van der Waals surface area (Å²) in [6.45, 7) is 10.4. The van der Waals surface area contributed by atoms with Gasteiger partial charge in [0.1, 0.15) is 5.82 Å². The first-order valence-electron chi connectivity index (χ1n) is 9.99. The Kier molecular flexibility index (Phi) is 6.84. The van der Waals surface area contributed by atoms with Crippen LogP contribution in [0.2, 0.25) is 0 Å². The molecular formula is C23H27FN4O. The molecule has 1 saturated heterocycles. The van der Waals surface area contributed by atoms with E-state index in [0.29, 0.717) is 5.70 Å². The maximum Gasteiger partial charge on any atom is 0.241 e. The summed E-state index contributed by atoms with van der Waals surface area (Å²) in [6.07, 6.45) is 3.48. The molecular weight excluding hydrogens is 367 g/mol. The second kappa shape index (κ2) is 9.53. The number of carbonyl (C=O) groups excluding carboxylic acids is 1. The van der Waals surface area contributed by atoms with Crippen molar-refractivity contribution in [2.45, 2.75) is 32.7 Å². The monoisotopic (exact) mass is 394 g/mol. The molecule has 1 amide bonds. The molecule has 1 atom stereocenters. The number of benzene rings is 1. The fourth-order valence-electron chi connectivity index (χ4n) is 3.84. The van der Waals surface area contributed by atoms with Crippen LogP contribution in [0.3, 0.4) is 0 Å². The van der Waals surface area contributed by atoms with Crippen LogP contribution in [0.1, 0.15) is 26.7 Å². The quantitative estimate of drug-likeness (QED) is 0.761. The molecule has 3 rings (SSSR count). The zero-order valence-corrected chi connectivity index (χ0v) is 17.0. The van der Waals surface area contributed by atoms with E-state index in [0.717, 1.165) is 55.6 Å². The molecule has 152 valence electrons. The van der Waals surface area contributed by atoms with Gasteiger partial charge in [-0.3, -0.25) is 14.7 Å². The van der Waals surface area contributed by atoms with Gasteiger partial charge in [0.05, 0.1) is 17.3 Å². The van der Waals surface area contributed by atoms with E-state index < -0.39 is 0 Å². The predicted molar refractivity (Wildman–Crippen MR) is 114 cm³/mol. The van der Waals surface area contributed by atoms with E-state index in [9.17, 15) is 9.18 Å². The number of hydrogen-bond acceptors (Lipinski definition) is 4. The van der Waals surface area contributed by atoms with Crippen molar-refractivity contribution in [1.29, 1.82) is 0 Å². The van der Waals surface area contributed by atoms with Crippen LogP contribution < -0.4 is 10.2 Å². The van der Waals surface area contributed by atoms with E-state index in [4.69, 9.17) is 0 Å². The number of nitrogens with zero attached hydrogens (tertiary/aromatic N) is 3. The highest BCUT2D eigenvalue weighted by Gasteiger charge is 2.29. The van der Waals surface area contributed by atoms with Gasteiger partial charge in [0.15, 0.2) is 0 Å². The average molecular weight is 394 g/mol. The number of anilines is 1. The third-order valence-electron chi connectivity index (χ3n) is 5.23. The lowest BCUT2D eigenvalue weighted by Crippen LogP contribution is -2.54. The Labute approximate surface area is 171 Å². The first-order chi connectivity index (χ1) is 14.0. The van der Waals surface area contributed by atoms with Crippen LogP contribution in [0.4, 0.5) is 10.1 Å². The average Bonchev–Trinajstić information content (AvgIpc) is 2.72. The van der Waals surface area contributed by atoms with E-state index in [1.165, 1.54) is 6.07 Å². The lowest BCUT2D eigenvalue weighted by Gasteiger charge is -2.40. The van der Waals surface area contributed by atoms with E-state index >= 15 is 0 Å². The van der Waals surface area contributed by atoms with Crippen molar-refractivity contribution in [2.24, 2.45) is 0 Å². The minimum Gasteiger partial charge on any atom is -0.368 e. The second-order valence-corrected chi connectivity index (χ2v) is 7.24. The van der Waals surface area contributed by atoms with Crippen molar-refractivity contribution < 1.29 is 9.18 Å². The molecule has 1 aliphatic heterocycles. The number of aromatic nitrogens is 1. The summed E-state index contributed by atoms with van der Waals surface area (Å²) >= 11 is 0. The maximum atomic E-state index is 13.8. The number of fused-ring (bicyclic) bond motifs is 1. The SMILES string of the molecule is C=C=C=C(C)NC(=O)C(CCC)N1CCN(c2ccnc3ccc(F)cc23)CC1. The topological polar surface area (TPSA) is 48.5 Å². The molecule has 1 aromatic carbocycles. The number of halogens is 1. The van der Waals surface area contributed by atoms with Crippen molar-refractivity contribution in [2.75, 3.05) is 31.1 Å². The molecule has 6 heteroatoms. The highest BCUT2D eigenvalue weighted by molar-refractivity contribution is 5.91. The highest BCUT2D eigenvalue weighted by atomic mass is 19.1. The van der Waals surface area contributed by atoms with Crippen LogP contribution in [0.5, 0.6) is 0 Å². The summed E-state index contributed by atoms with van der Waals surface area (Å²) in [5.41, 5.74) is 7.74. The van der Waals surface area contributed by atoms with Gasteiger partial charge in [-0.25, -0.2) is 4.39 Å². The maximum absolute atomic E-state index is 13.8. The number of pyridine rings is 1. The lowest BCUT2D eigenvalue weighted by atomic mass is 10.1. The standard InChI is InChI=1S/C23H27FN4O/c1-4-6-17(3)26-23(29)22(7-5-2)28-14-12-27(13-15-28)21-10-11-25-20-9-8-18(24)16-19(20)21/h8-11,16,22H,1,5,7,12-15H2,2-3H3,(H,26,29). The van der Waals surface area contributed by atoms with E-state index in [-0.39, 0.29) is 17.8 Å². The van der Waals surface area contributed by atoms with Gasteiger partial charge in [0, 0.05) is 43.4 Å². The van der Waals surface area contributed by atoms with Gasteiger partial charge in [-0.05, 0) is 49.9 Å². The van der Waals surface area contributed by atoms with Gasteiger partial charge in [-0.15, -0.1) is 0 Å². The highest BCUT2D eigenvalue weighted by Crippen LogP contribution is 2.27. The lowest BCUT2D eigenvalue weighted by molar-refractivity contribution is -0.126. The molecule has 0 saturated carbocycles. The van der Waals surface area contributed by atoms with Gasteiger partial charge in [0.2, 0.25) is 5.91 Å². The van der Waals surface area contributed by atoms with Crippen LogP contribution in [-0.4, -0.2) is 48.0 Å². The van der Waals surface area contributed by atoms with Crippen molar-refractivity contribution in [3.63, 3.8) is 0 Å². The van der Waals surface area contributed by atoms with Gasteiger partial charge in [0.25, 0.3) is 0 Å². The van der Waals surface area contributed by atoms with E-state index in [2.05, 4.69) is 45.1 Å². The Morgan fingerprint density at radius 2 is 2.07 bits per heavy atom. The minimum atomic E-state index is -0.262. The number of allylic oxidation sites excluding steroid dienone is 1. The molecule has 29 heavy (non-hydrogen) atoms. The van der Waals surface area contributed by atoms with Crippen LogP contribution in [-0.2, 0) is 4.79 Å². The molecule has 0 aliphatic carbocycles. The summed E-state index contributed by atoms with van der Waals surface area (Å²) in [7, 11) is 0. The summed E-state index contributed by atoms with van der Waals surface area (Å²) < 4.78 is 13.8. The molecule has 1 fully saturated rings. The predicted octanol–water partition coefficient (Wildman–Crippen LogP) is 3.62. The summed E-state index contributed by atoms with van der Waals surface area (Å²) in [5.74, 6) is -0.279. The zero-order chi connectivity index (χ0) is 20.8. The van der Waals surface area contributed by atoms with Gasteiger partial charge >= 0.3 is 0 Å². The molecule has 2 aromatic rings. The van der Waals surface area contributed by atoms with Crippen LogP contribution >= 0.6 is 0 Å². The van der Waals surface area contributed by atoms with Crippen LogP contribution in [0.25, 0.3) is 10.9 Å². The first-order valence-corrected chi connectivity index (χ1v) is 9.99. The Bertz CT molecular complexity index is 968. The Hall–Kier alpha value is -2.91. The third-order valence-corrected chi connectivity index (χ3v) is 5.23. The van der Waals surface area contributed by atoms with E-state index in [1.54, 1.807) is 25.3 Å². The summed E-state index contributed by atoms with van der Waals surface area (Å²) in [4.78, 5) is 21.6. The van der Waals surface area contributed by atoms with Crippen molar-refractivity contribution in [1.82, 2.24) is 15.2 Å². The molecule has 2 heterocycles. The van der Waals surface area contributed by atoms with Crippen molar-refractivity contribution >= 4 is 22.5 Å². The normalized spacial score (nSPS) is 15.5. The molecule has 5 nitrogen and oxygen atoms in total. The van der Waals surface area contributed by atoms with Gasteiger partial charge < -0.3 is 10.2 Å². The Morgan fingerprint density at radius 3 is 2.76 bits per heavy atom. The fraction of sp³-hybridized carbons (Fsp3) is 0.391. The second-order valence-electron chi connectivity index (χ2n) is 7.24. The number of carbonyl (C=O) groups is 1. The number of rotatable bonds is 6. The molecule has 1 aliphatic rings. The number of nitrogens with one attached hydrogen (secondary N) is 1. The molecule has 0 bridgehead atoms. The molecule has 1 aromatic heterocycles. The smallest absolute Gasteiger partial charge is 0.241 e. The van der Waals surface area contributed by atoms with Crippen molar-refractivity contribution in [3.05, 3.63) is 60.0 Å². The Balaban J connectivity index is 1.73. The first kappa shape index (κ1) is 20.8. The third kappa shape index (κ3) is 4.93.